The van der Waals surface area contributed by atoms with Gasteiger partial charge in [-0.15, -0.1) is 0 Å². The molecule has 2 aliphatic rings. The number of rotatable bonds is 9. The van der Waals surface area contributed by atoms with Crippen LogP contribution in [0.2, 0.25) is 0 Å². The minimum Gasteiger partial charge on any atom is -0.326 e. The molecule has 2 aromatic rings. The Morgan fingerprint density at radius 3 is 2.66 bits per heavy atom. The van der Waals surface area contributed by atoms with E-state index < -0.39 is 0 Å². The summed E-state index contributed by atoms with van der Waals surface area (Å²) in [6, 6.07) is 13.1. The maximum Gasteiger partial charge on any atom is 0.224 e. The minimum atomic E-state index is 0.00970. The Labute approximate surface area is 192 Å². The third-order valence-electron chi connectivity index (χ3n) is 7.14. The van der Waals surface area contributed by atoms with Crippen molar-refractivity contribution in [2.24, 2.45) is 5.92 Å². The molecule has 0 bridgehead atoms. The van der Waals surface area contributed by atoms with Gasteiger partial charge < -0.3 is 10.6 Å². The number of carbonyl (C=O) groups excluding carboxylic acids is 2. The number of nitrogens with one attached hydrogen (secondary N) is 2. The molecule has 0 spiro atoms. The topological polar surface area (TPSA) is 58.2 Å². The summed E-state index contributed by atoms with van der Waals surface area (Å²) in [7, 11) is 0. The molecule has 0 radical (unpaired) electrons. The zero-order chi connectivity index (χ0) is 22.5. The van der Waals surface area contributed by atoms with Gasteiger partial charge in [0.15, 0.2) is 5.78 Å². The number of Topliss-reactive ketones (excluding diaryl/α,β-unsaturated/α-hetero) is 1. The SMILES string of the molecule is CCCCCC(Cc1ccccc1)NCC1CCc2c(C)cc3c(c2C1=O)CCC(=O)N3. The monoisotopic (exact) mass is 432 g/mol. The van der Waals surface area contributed by atoms with Crippen molar-refractivity contribution in [3.8, 4) is 0 Å². The lowest BCUT2D eigenvalue weighted by molar-refractivity contribution is -0.116. The van der Waals surface area contributed by atoms with Crippen LogP contribution in [0.3, 0.4) is 0 Å². The Bertz CT molecular complexity index is 967. The zero-order valence-electron chi connectivity index (χ0n) is 19.5. The van der Waals surface area contributed by atoms with E-state index in [0.29, 0.717) is 18.9 Å². The fraction of sp³-hybridized carbons (Fsp3) is 0.500. The van der Waals surface area contributed by atoms with E-state index in [0.717, 1.165) is 54.6 Å². The van der Waals surface area contributed by atoms with Crippen molar-refractivity contribution >= 4 is 17.4 Å². The first-order valence-electron chi connectivity index (χ1n) is 12.3. The average Bonchev–Trinajstić information content (AvgIpc) is 2.79. The number of unbranched alkanes of at least 4 members (excludes halogenated alkanes) is 2. The number of aryl methyl sites for hydroxylation is 1. The van der Waals surface area contributed by atoms with E-state index in [2.05, 4.69) is 60.9 Å². The van der Waals surface area contributed by atoms with Gasteiger partial charge in [-0.1, -0.05) is 56.5 Å². The summed E-state index contributed by atoms with van der Waals surface area (Å²) in [4.78, 5) is 25.5. The first-order valence-corrected chi connectivity index (χ1v) is 12.3. The second-order valence-corrected chi connectivity index (χ2v) is 9.51. The molecule has 2 unspecified atom stereocenters. The maximum atomic E-state index is 13.6. The maximum absolute atomic E-state index is 13.6. The predicted octanol–water partition coefficient (Wildman–Crippen LogP) is 5.41. The van der Waals surface area contributed by atoms with E-state index in [9.17, 15) is 9.59 Å². The second kappa shape index (κ2) is 10.4. The number of amides is 1. The quantitative estimate of drug-likeness (QED) is 0.521. The molecule has 4 nitrogen and oxygen atoms in total. The average molecular weight is 433 g/mol. The van der Waals surface area contributed by atoms with Crippen LogP contribution in [0.25, 0.3) is 0 Å². The first-order chi connectivity index (χ1) is 15.6. The lowest BCUT2D eigenvalue weighted by Crippen LogP contribution is -2.39. The standard InChI is InChI=1S/C28H36N2O2/c1-3-4-6-11-22(17-20-9-7-5-8-10-20)29-18-21-12-13-23-19(2)16-25-24(27(23)28(21)32)14-15-26(31)30-25/h5,7-10,16,21-22,29H,3-4,6,11-15,17-18H2,1-2H3,(H,30,31). The molecule has 4 rings (SSSR count). The molecular formula is C28H36N2O2. The number of anilines is 1. The molecule has 170 valence electrons. The molecule has 4 heteroatoms. The summed E-state index contributed by atoms with van der Waals surface area (Å²) < 4.78 is 0. The molecule has 0 saturated heterocycles. The van der Waals surface area contributed by atoms with Gasteiger partial charge in [-0.05, 0) is 67.3 Å². The number of ketones is 1. The molecule has 0 saturated carbocycles. The highest BCUT2D eigenvalue weighted by Crippen LogP contribution is 2.37. The summed E-state index contributed by atoms with van der Waals surface area (Å²) in [5, 5.41) is 6.75. The highest BCUT2D eigenvalue weighted by atomic mass is 16.1. The van der Waals surface area contributed by atoms with Crippen LogP contribution < -0.4 is 10.6 Å². The largest absolute Gasteiger partial charge is 0.326 e. The number of fused-ring (bicyclic) bond motifs is 3. The van der Waals surface area contributed by atoms with Gasteiger partial charge in [0.1, 0.15) is 0 Å². The Balaban J connectivity index is 1.47. The van der Waals surface area contributed by atoms with Crippen molar-refractivity contribution in [2.75, 3.05) is 11.9 Å². The van der Waals surface area contributed by atoms with Crippen molar-refractivity contribution in [1.29, 1.82) is 0 Å². The van der Waals surface area contributed by atoms with Gasteiger partial charge in [-0.2, -0.15) is 0 Å². The molecule has 2 aromatic carbocycles. The molecule has 0 aromatic heterocycles. The highest BCUT2D eigenvalue weighted by molar-refractivity contribution is 6.05. The number of hydrogen-bond acceptors (Lipinski definition) is 3. The predicted molar refractivity (Wildman–Crippen MR) is 130 cm³/mol. The molecule has 0 fully saturated rings. The van der Waals surface area contributed by atoms with Crippen molar-refractivity contribution in [1.82, 2.24) is 5.32 Å². The van der Waals surface area contributed by atoms with Crippen LogP contribution >= 0.6 is 0 Å². The molecule has 1 aliphatic carbocycles. The van der Waals surface area contributed by atoms with Gasteiger partial charge in [0.25, 0.3) is 0 Å². The Hall–Kier alpha value is -2.46. The van der Waals surface area contributed by atoms with Crippen LogP contribution in [0.5, 0.6) is 0 Å². The Kier molecular flexibility index (Phi) is 7.41. The number of hydrogen-bond donors (Lipinski definition) is 2. The Morgan fingerprint density at radius 2 is 1.88 bits per heavy atom. The van der Waals surface area contributed by atoms with Crippen LogP contribution in [0.15, 0.2) is 36.4 Å². The van der Waals surface area contributed by atoms with E-state index in [4.69, 9.17) is 0 Å². The highest BCUT2D eigenvalue weighted by Gasteiger charge is 2.33. The van der Waals surface area contributed by atoms with Crippen molar-refractivity contribution in [2.45, 2.75) is 77.7 Å². The van der Waals surface area contributed by atoms with Crippen LogP contribution in [-0.4, -0.2) is 24.3 Å². The lowest BCUT2D eigenvalue weighted by atomic mass is 9.76. The third kappa shape index (κ3) is 5.12. The fourth-order valence-electron chi connectivity index (χ4n) is 5.32. The van der Waals surface area contributed by atoms with E-state index in [1.807, 2.05) is 0 Å². The lowest BCUT2D eigenvalue weighted by Gasteiger charge is -2.31. The smallest absolute Gasteiger partial charge is 0.224 e. The van der Waals surface area contributed by atoms with Crippen LogP contribution in [-0.2, 0) is 24.1 Å². The van der Waals surface area contributed by atoms with Gasteiger partial charge in [0.05, 0.1) is 0 Å². The van der Waals surface area contributed by atoms with E-state index in [1.54, 1.807) is 0 Å². The first kappa shape index (κ1) is 22.7. The van der Waals surface area contributed by atoms with Gasteiger partial charge in [0.2, 0.25) is 5.91 Å². The molecule has 2 N–H and O–H groups in total. The molecule has 2 atom stereocenters. The summed E-state index contributed by atoms with van der Waals surface area (Å²) >= 11 is 0. The molecule has 1 heterocycles. The van der Waals surface area contributed by atoms with E-state index in [1.165, 1.54) is 30.4 Å². The molecular weight excluding hydrogens is 396 g/mol. The summed E-state index contributed by atoms with van der Waals surface area (Å²) in [5.41, 5.74) is 6.49. The third-order valence-corrected chi connectivity index (χ3v) is 7.14. The molecule has 1 aliphatic heterocycles. The van der Waals surface area contributed by atoms with E-state index in [-0.39, 0.29) is 17.6 Å². The summed E-state index contributed by atoms with van der Waals surface area (Å²) in [5.74, 6) is 0.325. The summed E-state index contributed by atoms with van der Waals surface area (Å²) in [6.45, 7) is 5.04. The number of carbonyl (C=O) groups is 2. The fourth-order valence-corrected chi connectivity index (χ4v) is 5.32. The van der Waals surface area contributed by atoms with Crippen molar-refractivity contribution in [3.63, 3.8) is 0 Å². The summed E-state index contributed by atoms with van der Waals surface area (Å²) in [6.07, 6.45) is 8.81. The normalized spacial score (nSPS) is 18.6. The van der Waals surface area contributed by atoms with Crippen molar-refractivity contribution in [3.05, 3.63) is 64.2 Å². The van der Waals surface area contributed by atoms with Gasteiger partial charge in [-0.3, -0.25) is 9.59 Å². The second-order valence-electron chi connectivity index (χ2n) is 9.51. The molecule has 1 amide bonds. The van der Waals surface area contributed by atoms with Gasteiger partial charge >= 0.3 is 0 Å². The van der Waals surface area contributed by atoms with E-state index >= 15 is 0 Å². The van der Waals surface area contributed by atoms with Gasteiger partial charge in [-0.25, -0.2) is 0 Å². The minimum absolute atomic E-state index is 0.00970. The Morgan fingerprint density at radius 1 is 1.06 bits per heavy atom. The number of benzene rings is 2. The van der Waals surface area contributed by atoms with Gasteiger partial charge in [0, 0.05) is 36.2 Å². The van der Waals surface area contributed by atoms with Crippen LogP contribution in [0.4, 0.5) is 5.69 Å². The molecule has 32 heavy (non-hydrogen) atoms. The van der Waals surface area contributed by atoms with Crippen molar-refractivity contribution < 1.29 is 9.59 Å². The van der Waals surface area contributed by atoms with Crippen LogP contribution in [0.1, 0.15) is 78.1 Å². The zero-order valence-corrected chi connectivity index (χ0v) is 19.5. The van der Waals surface area contributed by atoms with Crippen LogP contribution in [0, 0.1) is 12.8 Å².